The highest BCUT2D eigenvalue weighted by molar-refractivity contribution is 6.33. The van der Waals surface area contributed by atoms with E-state index in [0.717, 1.165) is 0 Å². The number of nitrogens with one attached hydrogen (secondary N) is 1. The molecule has 0 bridgehead atoms. The Balaban J connectivity index is 2.34. The number of amides is 1. The Kier molecular flexibility index (Phi) is 4.36. The second-order valence-corrected chi connectivity index (χ2v) is 5.14. The number of para-hydroxylation sites is 1. The lowest BCUT2D eigenvalue weighted by atomic mass is 10.0. The summed E-state index contributed by atoms with van der Waals surface area (Å²) in [5, 5.41) is 7.28. The van der Waals surface area contributed by atoms with Crippen LogP contribution in [0, 0.1) is 5.92 Å². The highest BCUT2D eigenvalue weighted by atomic mass is 35.5. The number of hydrogen-bond acceptors (Lipinski definition) is 4. The predicted octanol–water partition coefficient (Wildman–Crippen LogP) is 1.84. The van der Waals surface area contributed by atoms with Crippen molar-refractivity contribution < 1.29 is 4.79 Å². The molecule has 20 heavy (non-hydrogen) atoms. The fraction of sp³-hybridized carbons (Fsp3) is 0.308. The van der Waals surface area contributed by atoms with E-state index in [1.54, 1.807) is 18.2 Å². The van der Waals surface area contributed by atoms with E-state index in [2.05, 4.69) is 15.4 Å². The first-order valence-corrected chi connectivity index (χ1v) is 6.58. The maximum absolute atomic E-state index is 12.1. The van der Waals surface area contributed by atoms with Crippen LogP contribution in [0.1, 0.15) is 13.8 Å². The average molecular weight is 294 g/mol. The van der Waals surface area contributed by atoms with E-state index in [1.165, 1.54) is 17.3 Å². The Hall–Kier alpha value is -1.92. The molecule has 0 radical (unpaired) electrons. The van der Waals surface area contributed by atoms with Crippen molar-refractivity contribution in [3.63, 3.8) is 0 Å². The van der Waals surface area contributed by atoms with Gasteiger partial charge in [0, 0.05) is 0 Å². The van der Waals surface area contributed by atoms with Crippen LogP contribution >= 0.6 is 11.6 Å². The number of nitrogens with zero attached hydrogens (tertiary/aromatic N) is 3. The van der Waals surface area contributed by atoms with Gasteiger partial charge in [0.25, 0.3) is 0 Å². The number of anilines is 1. The van der Waals surface area contributed by atoms with E-state index >= 15 is 0 Å². The van der Waals surface area contributed by atoms with Crippen molar-refractivity contribution in [2.75, 3.05) is 5.32 Å². The Morgan fingerprint density at radius 1 is 1.45 bits per heavy atom. The summed E-state index contributed by atoms with van der Waals surface area (Å²) >= 11 is 6.18. The van der Waals surface area contributed by atoms with Gasteiger partial charge in [-0.3, -0.25) is 4.79 Å². The van der Waals surface area contributed by atoms with Gasteiger partial charge in [-0.1, -0.05) is 31.5 Å². The summed E-state index contributed by atoms with van der Waals surface area (Å²) in [7, 11) is 0. The summed E-state index contributed by atoms with van der Waals surface area (Å²) in [6, 6.07) is 4.63. The van der Waals surface area contributed by atoms with Crippen LogP contribution in [0.4, 0.5) is 5.69 Å². The second kappa shape index (κ2) is 6.02. The third-order valence-electron chi connectivity index (χ3n) is 2.91. The van der Waals surface area contributed by atoms with Crippen molar-refractivity contribution in [3.05, 3.63) is 35.9 Å². The fourth-order valence-electron chi connectivity index (χ4n) is 1.69. The fourth-order valence-corrected chi connectivity index (χ4v) is 1.95. The van der Waals surface area contributed by atoms with Gasteiger partial charge < -0.3 is 11.1 Å². The average Bonchev–Trinajstić information content (AvgIpc) is 2.91. The van der Waals surface area contributed by atoms with E-state index in [1.807, 2.05) is 13.8 Å². The van der Waals surface area contributed by atoms with Gasteiger partial charge in [-0.15, -0.1) is 0 Å². The van der Waals surface area contributed by atoms with Crippen LogP contribution in [-0.4, -0.2) is 26.7 Å². The molecule has 2 aromatic rings. The summed E-state index contributed by atoms with van der Waals surface area (Å²) in [5.41, 5.74) is 6.95. The minimum Gasteiger partial charge on any atom is -0.323 e. The number of carbonyl (C=O) groups is 1. The molecular weight excluding hydrogens is 278 g/mol. The molecule has 2 rings (SSSR count). The third kappa shape index (κ3) is 2.97. The number of halogens is 1. The molecule has 0 saturated carbocycles. The van der Waals surface area contributed by atoms with Crippen molar-refractivity contribution in [3.8, 4) is 5.69 Å². The molecule has 106 valence electrons. The molecule has 1 aromatic heterocycles. The van der Waals surface area contributed by atoms with Crippen LogP contribution in [0.2, 0.25) is 5.02 Å². The minimum absolute atomic E-state index is 0.0454. The van der Waals surface area contributed by atoms with E-state index in [-0.39, 0.29) is 11.8 Å². The maximum Gasteiger partial charge on any atom is 0.241 e. The van der Waals surface area contributed by atoms with Gasteiger partial charge in [-0.2, -0.15) is 5.10 Å². The first-order chi connectivity index (χ1) is 9.50. The molecule has 0 aliphatic carbocycles. The highest BCUT2D eigenvalue weighted by Crippen LogP contribution is 2.27. The van der Waals surface area contributed by atoms with Gasteiger partial charge in [0.05, 0.1) is 16.8 Å². The molecule has 1 amide bonds. The first-order valence-electron chi connectivity index (χ1n) is 6.20. The lowest BCUT2D eigenvalue weighted by Crippen LogP contribution is -2.39. The van der Waals surface area contributed by atoms with Crippen molar-refractivity contribution in [2.45, 2.75) is 19.9 Å². The first kappa shape index (κ1) is 14.5. The molecule has 6 nitrogen and oxygen atoms in total. The largest absolute Gasteiger partial charge is 0.323 e. The zero-order chi connectivity index (χ0) is 14.7. The monoisotopic (exact) mass is 293 g/mol. The molecule has 3 N–H and O–H groups in total. The van der Waals surface area contributed by atoms with Crippen molar-refractivity contribution in [1.29, 1.82) is 0 Å². The molecule has 1 aromatic carbocycles. The molecular formula is C13H16ClN5O. The summed E-state index contributed by atoms with van der Waals surface area (Å²) in [4.78, 5) is 15.9. The Labute approximate surface area is 121 Å². The topological polar surface area (TPSA) is 85.8 Å². The van der Waals surface area contributed by atoms with E-state index in [9.17, 15) is 4.79 Å². The zero-order valence-electron chi connectivity index (χ0n) is 11.2. The van der Waals surface area contributed by atoms with Gasteiger partial charge in [0.1, 0.15) is 18.3 Å². The minimum atomic E-state index is -0.586. The Bertz CT molecular complexity index is 597. The molecule has 1 atom stereocenters. The van der Waals surface area contributed by atoms with Crippen LogP contribution in [0.5, 0.6) is 0 Å². The quantitative estimate of drug-likeness (QED) is 0.900. The molecule has 0 unspecified atom stereocenters. The van der Waals surface area contributed by atoms with E-state index in [4.69, 9.17) is 17.3 Å². The summed E-state index contributed by atoms with van der Waals surface area (Å²) < 4.78 is 1.50. The van der Waals surface area contributed by atoms with E-state index < -0.39 is 6.04 Å². The summed E-state index contributed by atoms with van der Waals surface area (Å²) in [6.07, 6.45) is 2.91. The van der Waals surface area contributed by atoms with Gasteiger partial charge >= 0.3 is 0 Å². The predicted molar refractivity (Wildman–Crippen MR) is 77.8 cm³/mol. The lowest BCUT2D eigenvalue weighted by Gasteiger charge is -2.17. The van der Waals surface area contributed by atoms with Crippen LogP contribution in [0.25, 0.3) is 5.69 Å². The molecule has 0 fully saturated rings. The third-order valence-corrected chi connectivity index (χ3v) is 3.22. The maximum atomic E-state index is 12.1. The number of hydrogen-bond donors (Lipinski definition) is 2. The molecule has 1 heterocycles. The highest BCUT2D eigenvalue weighted by Gasteiger charge is 2.19. The standard InChI is InChI=1S/C13H16ClN5O/c1-8(2)11(15)13(20)18-10-5-3-4-9(14)12(10)19-7-16-6-17-19/h3-8,11H,15H2,1-2H3,(H,18,20)/t11-/m1/s1. The molecule has 0 spiro atoms. The Morgan fingerprint density at radius 2 is 2.20 bits per heavy atom. The number of benzene rings is 1. The van der Waals surface area contributed by atoms with Crippen LogP contribution < -0.4 is 11.1 Å². The zero-order valence-corrected chi connectivity index (χ0v) is 12.0. The van der Waals surface area contributed by atoms with Gasteiger partial charge in [0.15, 0.2) is 0 Å². The van der Waals surface area contributed by atoms with E-state index in [0.29, 0.717) is 16.4 Å². The van der Waals surface area contributed by atoms with Gasteiger partial charge in [-0.25, -0.2) is 9.67 Å². The molecule has 0 aliphatic rings. The number of rotatable bonds is 4. The smallest absolute Gasteiger partial charge is 0.241 e. The Morgan fingerprint density at radius 3 is 2.80 bits per heavy atom. The SMILES string of the molecule is CC(C)[C@@H](N)C(=O)Nc1cccc(Cl)c1-n1cncn1. The van der Waals surface area contributed by atoms with Crippen molar-refractivity contribution >= 4 is 23.2 Å². The lowest BCUT2D eigenvalue weighted by molar-refractivity contribution is -0.118. The number of aromatic nitrogens is 3. The summed E-state index contributed by atoms with van der Waals surface area (Å²) in [6.45, 7) is 3.78. The van der Waals surface area contributed by atoms with Gasteiger partial charge in [-0.05, 0) is 18.1 Å². The van der Waals surface area contributed by atoms with Crippen LogP contribution in [0.15, 0.2) is 30.9 Å². The van der Waals surface area contributed by atoms with Crippen molar-refractivity contribution in [1.82, 2.24) is 14.8 Å². The molecule has 0 saturated heterocycles. The molecule has 7 heteroatoms. The number of carbonyl (C=O) groups excluding carboxylic acids is 1. The van der Waals surface area contributed by atoms with Crippen molar-refractivity contribution in [2.24, 2.45) is 11.7 Å². The summed E-state index contributed by atoms with van der Waals surface area (Å²) in [5.74, 6) is -0.215. The second-order valence-electron chi connectivity index (χ2n) is 4.74. The van der Waals surface area contributed by atoms with Crippen LogP contribution in [-0.2, 0) is 4.79 Å². The normalized spacial score (nSPS) is 12.4. The number of nitrogens with two attached hydrogens (primary N) is 1. The molecule has 0 aliphatic heterocycles. The van der Waals surface area contributed by atoms with Crippen LogP contribution in [0.3, 0.4) is 0 Å². The van der Waals surface area contributed by atoms with Gasteiger partial charge in [0.2, 0.25) is 5.91 Å².